The third-order valence-electron chi connectivity index (χ3n) is 7.58. The van der Waals surface area contributed by atoms with E-state index < -0.39 is 26.1 Å². The molecule has 0 fully saturated rings. The summed E-state index contributed by atoms with van der Waals surface area (Å²) < 4.78 is 21.4. The second kappa shape index (κ2) is 10.0. The van der Waals surface area contributed by atoms with Crippen LogP contribution < -0.4 is 0 Å². The van der Waals surface area contributed by atoms with Crippen LogP contribution in [-0.2, 0) is 22.1 Å². The zero-order valence-corrected chi connectivity index (χ0v) is 23.3. The predicted molar refractivity (Wildman–Crippen MR) is 139 cm³/mol. The summed E-state index contributed by atoms with van der Waals surface area (Å²) in [7, 11) is -2.14. The molecule has 1 heterocycles. The summed E-state index contributed by atoms with van der Waals surface area (Å²) in [5.74, 6) is -1.73. The highest BCUT2D eigenvalue weighted by Gasteiger charge is 2.41. The van der Waals surface area contributed by atoms with Gasteiger partial charge in [0, 0.05) is 10.6 Å². The van der Waals surface area contributed by atoms with E-state index >= 15 is 0 Å². The molecule has 1 amide bonds. The van der Waals surface area contributed by atoms with Crippen molar-refractivity contribution in [2.24, 2.45) is 0 Å². The largest absolute Gasteiger partial charge is 0.478 e. The monoisotopic (exact) mass is 519 g/mol. The molecule has 0 bridgehead atoms. The molecule has 0 unspecified atom stereocenters. The van der Waals surface area contributed by atoms with Crippen LogP contribution in [0.2, 0.25) is 23.2 Å². The Balaban J connectivity index is 2.02. The Hall–Kier alpha value is -2.22. The van der Waals surface area contributed by atoms with Crippen molar-refractivity contribution in [1.82, 2.24) is 4.90 Å². The van der Waals surface area contributed by atoms with E-state index in [1.54, 1.807) is 36.1 Å². The van der Waals surface area contributed by atoms with Crippen molar-refractivity contribution in [2.45, 2.75) is 77.7 Å². The number of hydrogen-bond donors (Lipinski definition) is 1. The topological polar surface area (TPSA) is 66.8 Å². The van der Waals surface area contributed by atoms with E-state index in [2.05, 4.69) is 33.9 Å². The summed E-state index contributed by atoms with van der Waals surface area (Å²) in [5.41, 5.74) is 2.36. The SMILES string of the molecule is Cc1ccc(Cl)c(CC(=O)N2[C@@H](CO[Si](C)(C)C(C)(C)C)Cc3c(C(=O)O)cccc3[C@@H]2C)c1F. The Morgan fingerprint density at radius 1 is 1.23 bits per heavy atom. The van der Waals surface area contributed by atoms with Gasteiger partial charge in [0.05, 0.1) is 30.7 Å². The van der Waals surface area contributed by atoms with Gasteiger partial charge in [-0.25, -0.2) is 9.18 Å². The van der Waals surface area contributed by atoms with Crippen LogP contribution in [-0.4, -0.2) is 42.8 Å². The van der Waals surface area contributed by atoms with Gasteiger partial charge in [-0.05, 0) is 67.2 Å². The van der Waals surface area contributed by atoms with Gasteiger partial charge < -0.3 is 14.4 Å². The van der Waals surface area contributed by atoms with Crippen LogP contribution in [0.25, 0.3) is 0 Å². The summed E-state index contributed by atoms with van der Waals surface area (Å²) in [4.78, 5) is 27.4. The van der Waals surface area contributed by atoms with Crippen LogP contribution in [0.5, 0.6) is 0 Å². The van der Waals surface area contributed by atoms with Gasteiger partial charge in [0.1, 0.15) is 5.82 Å². The Labute approximate surface area is 213 Å². The average Bonchev–Trinajstić information content (AvgIpc) is 2.76. The van der Waals surface area contributed by atoms with Crippen LogP contribution >= 0.6 is 11.6 Å². The second-order valence-electron chi connectivity index (χ2n) is 10.9. The van der Waals surface area contributed by atoms with Crippen LogP contribution in [0, 0.1) is 12.7 Å². The molecule has 2 atom stereocenters. The normalized spacial score (nSPS) is 18.4. The molecule has 0 spiro atoms. The van der Waals surface area contributed by atoms with Crippen molar-refractivity contribution in [1.29, 1.82) is 0 Å². The molecular formula is C27H35ClFNO4Si. The second-order valence-corrected chi connectivity index (χ2v) is 16.1. The molecule has 8 heteroatoms. The smallest absolute Gasteiger partial charge is 0.335 e. The number of rotatable bonds is 6. The fraction of sp³-hybridized carbons (Fsp3) is 0.481. The molecule has 190 valence electrons. The summed E-state index contributed by atoms with van der Waals surface area (Å²) in [6.45, 7) is 14.5. The molecule has 0 saturated carbocycles. The molecule has 35 heavy (non-hydrogen) atoms. The highest BCUT2D eigenvalue weighted by Crippen LogP contribution is 2.39. The van der Waals surface area contributed by atoms with E-state index in [1.165, 1.54) is 0 Å². The lowest BCUT2D eigenvalue weighted by molar-refractivity contribution is -0.137. The maximum Gasteiger partial charge on any atom is 0.335 e. The highest BCUT2D eigenvalue weighted by atomic mass is 35.5. The number of hydrogen-bond acceptors (Lipinski definition) is 3. The summed E-state index contributed by atoms with van der Waals surface area (Å²) in [6, 6.07) is 7.57. The van der Waals surface area contributed by atoms with Gasteiger partial charge in [0.15, 0.2) is 8.32 Å². The third kappa shape index (κ3) is 5.47. The number of benzene rings is 2. The third-order valence-corrected chi connectivity index (χ3v) is 12.4. The minimum Gasteiger partial charge on any atom is -0.478 e. The number of aromatic carboxylic acids is 1. The van der Waals surface area contributed by atoms with Crippen molar-refractivity contribution in [3.63, 3.8) is 0 Å². The van der Waals surface area contributed by atoms with Gasteiger partial charge in [0.25, 0.3) is 0 Å². The van der Waals surface area contributed by atoms with E-state index in [9.17, 15) is 19.1 Å². The first kappa shape index (κ1) is 27.4. The van der Waals surface area contributed by atoms with Gasteiger partial charge >= 0.3 is 5.97 Å². The van der Waals surface area contributed by atoms with E-state index in [0.717, 1.165) is 11.1 Å². The lowest BCUT2D eigenvalue weighted by atomic mass is 9.85. The molecule has 0 saturated heterocycles. The molecule has 0 aliphatic carbocycles. The lowest BCUT2D eigenvalue weighted by Gasteiger charge is -2.44. The van der Waals surface area contributed by atoms with Gasteiger partial charge in [-0.3, -0.25) is 4.79 Å². The Kier molecular flexibility index (Phi) is 7.84. The van der Waals surface area contributed by atoms with Crippen LogP contribution in [0.15, 0.2) is 30.3 Å². The van der Waals surface area contributed by atoms with Gasteiger partial charge in [0.2, 0.25) is 5.91 Å². The highest BCUT2D eigenvalue weighted by molar-refractivity contribution is 6.74. The number of nitrogens with zero attached hydrogens (tertiary/aromatic N) is 1. The maximum absolute atomic E-state index is 14.9. The molecule has 0 radical (unpaired) electrons. The quantitative estimate of drug-likeness (QED) is 0.438. The zero-order valence-electron chi connectivity index (χ0n) is 21.5. The van der Waals surface area contributed by atoms with Crippen LogP contribution in [0.3, 0.4) is 0 Å². The Morgan fingerprint density at radius 3 is 2.49 bits per heavy atom. The summed E-state index contributed by atoms with van der Waals surface area (Å²) >= 11 is 6.27. The number of carbonyl (C=O) groups is 2. The van der Waals surface area contributed by atoms with Crippen molar-refractivity contribution in [2.75, 3.05) is 6.61 Å². The van der Waals surface area contributed by atoms with Crippen LogP contribution in [0.1, 0.15) is 66.3 Å². The van der Waals surface area contributed by atoms with E-state index in [4.69, 9.17) is 16.0 Å². The fourth-order valence-corrected chi connectivity index (χ4v) is 5.68. The number of fused-ring (bicyclic) bond motifs is 1. The fourth-order valence-electron chi connectivity index (χ4n) is 4.42. The van der Waals surface area contributed by atoms with Gasteiger partial charge in [-0.1, -0.05) is 50.6 Å². The van der Waals surface area contributed by atoms with E-state index in [-0.39, 0.29) is 46.2 Å². The standard InChI is InChI=1S/C27H35ClFNO4Si/c1-16-11-12-23(28)22(25(16)29)14-24(31)30-17(2)19-9-8-10-20(26(32)33)21(19)13-18(30)15-34-35(6,7)27(3,4)5/h8-12,17-18H,13-15H2,1-7H3,(H,32,33)/t17-,18+/m0/s1. The molecule has 5 nitrogen and oxygen atoms in total. The zero-order chi connectivity index (χ0) is 26.3. The lowest BCUT2D eigenvalue weighted by Crippen LogP contribution is -2.52. The molecule has 3 rings (SSSR count). The first-order chi connectivity index (χ1) is 16.2. The molecule has 1 N–H and O–H groups in total. The van der Waals surface area contributed by atoms with E-state index in [1.807, 2.05) is 13.0 Å². The van der Waals surface area contributed by atoms with Crippen LogP contribution in [0.4, 0.5) is 4.39 Å². The van der Waals surface area contributed by atoms with Crippen molar-refractivity contribution in [3.8, 4) is 0 Å². The molecule has 2 aromatic rings. The minimum absolute atomic E-state index is 0.0233. The van der Waals surface area contributed by atoms with Crippen molar-refractivity contribution < 1.29 is 23.5 Å². The minimum atomic E-state index is -2.14. The number of carbonyl (C=O) groups excluding carboxylic acids is 1. The van der Waals surface area contributed by atoms with Gasteiger partial charge in [-0.2, -0.15) is 0 Å². The number of halogens is 2. The van der Waals surface area contributed by atoms with Gasteiger partial charge in [-0.15, -0.1) is 0 Å². The number of carboxylic acids is 1. The number of aryl methyl sites for hydroxylation is 1. The summed E-state index contributed by atoms with van der Waals surface area (Å²) in [6.07, 6.45) is 0.174. The van der Waals surface area contributed by atoms with E-state index in [0.29, 0.717) is 12.0 Å². The molecule has 1 aliphatic heterocycles. The number of carboxylic acid groups (broad SMARTS) is 1. The Morgan fingerprint density at radius 2 is 1.89 bits per heavy atom. The average molecular weight is 520 g/mol. The van der Waals surface area contributed by atoms with Crippen molar-refractivity contribution >= 4 is 31.8 Å². The molecule has 1 aliphatic rings. The molecule has 2 aromatic carbocycles. The first-order valence-corrected chi connectivity index (χ1v) is 15.2. The summed E-state index contributed by atoms with van der Waals surface area (Å²) in [5, 5.41) is 9.97. The Bertz CT molecular complexity index is 1140. The molecule has 0 aromatic heterocycles. The molecular weight excluding hydrogens is 485 g/mol. The van der Waals surface area contributed by atoms with Crippen molar-refractivity contribution in [3.05, 3.63) is 69.0 Å². The number of amides is 1. The predicted octanol–water partition coefficient (Wildman–Crippen LogP) is 6.56. The first-order valence-electron chi connectivity index (χ1n) is 11.9. The maximum atomic E-state index is 14.9.